The van der Waals surface area contributed by atoms with E-state index in [0.29, 0.717) is 16.9 Å². The van der Waals surface area contributed by atoms with Gasteiger partial charge in [-0.15, -0.1) is 0 Å². The molecule has 0 saturated heterocycles. The Morgan fingerprint density at radius 2 is 1.08 bits per heavy atom. The van der Waals surface area contributed by atoms with Crippen LogP contribution in [0.15, 0.2) is 108 Å². The molecule has 0 aliphatic heterocycles. The molecule has 0 unspecified atom stereocenters. The molecule has 4 aromatic carbocycles. The minimum atomic E-state index is -3.89. The highest BCUT2D eigenvalue weighted by atomic mass is 32.2. The highest BCUT2D eigenvalue weighted by Gasteiger charge is 2.18. The Balaban J connectivity index is 1.59. The lowest BCUT2D eigenvalue weighted by atomic mass is 10.2. The summed E-state index contributed by atoms with van der Waals surface area (Å²) in [5, 5.41) is 10.8. The minimum absolute atomic E-state index is 0.135. The number of carbonyl (C=O) groups excluding carboxylic acids is 2. The Labute approximate surface area is 215 Å². The molecule has 4 amide bonds. The van der Waals surface area contributed by atoms with Gasteiger partial charge in [0, 0.05) is 11.4 Å². The molecule has 0 fully saturated rings. The van der Waals surface area contributed by atoms with Gasteiger partial charge in [-0.2, -0.15) is 0 Å². The fraction of sp³-hybridized carbons (Fsp3) is 0.0370. The van der Waals surface area contributed by atoms with Crippen molar-refractivity contribution in [2.24, 2.45) is 0 Å². The van der Waals surface area contributed by atoms with Gasteiger partial charge in [0.05, 0.1) is 22.0 Å². The zero-order valence-corrected chi connectivity index (χ0v) is 20.7. The molecule has 4 aromatic rings. The number of nitrogens with one attached hydrogen (secondary N) is 5. The number of aryl methyl sites for hydroxylation is 1. The quantitative estimate of drug-likeness (QED) is 0.204. The predicted octanol–water partition coefficient (Wildman–Crippen LogP) is 6.08. The molecular formula is C27H25N5O4S. The second kappa shape index (κ2) is 11.3. The van der Waals surface area contributed by atoms with Crippen LogP contribution >= 0.6 is 0 Å². The normalized spacial score (nSPS) is 10.7. The van der Waals surface area contributed by atoms with Gasteiger partial charge in [-0.25, -0.2) is 18.0 Å². The molecule has 9 nitrogen and oxygen atoms in total. The number of benzene rings is 4. The molecule has 0 radical (unpaired) electrons. The minimum Gasteiger partial charge on any atom is -0.308 e. The number of urea groups is 2. The Morgan fingerprint density at radius 3 is 1.65 bits per heavy atom. The van der Waals surface area contributed by atoms with Gasteiger partial charge in [0.2, 0.25) is 0 Å². The van der Waals surface area contributed by atoms with Crippen LogP contribution < -0.4 is 26.0 Å². The van der Waals surface area contributed by atoms with Crippen LogP contribution in [0.3, 0.4) is 0 Å². The molecule has 188 valence electrons. The third-order valence-electron chi connectivity index (χ3n) is 5.21. The van der Waals surface area contributed by atoms with Gasteiger partial charge in [0.25, 0.3) is 10.0 Å². The first-order valence-corrected chi connectivity index (χ1v) is 12.8. The van der Waals surface area contributed by atoms with Crippen LogP contribution in [0.2, 0.25) is 0 Å². The van der Waals surface area contributed by atoms with Crippen LogP contribution in [0.25, 0.3) is 0 Å². The Kier molecular flexibility index (Phi) is 7.70. The highest BCUT2D eigenvalue weighted by Crippen LogP contribution is 2.28. The van der Waals surface area contributed by atoms with E-state index in [9.17, 15) is 18.0 Å². The average molecular weight is 516 g/mol. The molecular weight excluding hydrogens is 490 g/mol. The molecule has 4 rings (SSSR count). The summed E-state index contributed by atoms with van der Waals surface area (Å²) in [6.45, 7) is 1.70. The summed E-state index contributed by atoms with van der Waals surface area (Å²) in [6.07, 6.45) is 0. The summed E-state index contributed by atoms with van der Waals surface area (Å²) >= 11 is 0. The van der Waals surface area contributed by atoms with Crippen molar-refractivity contribution >= 4 is 50.5 Å². The van der Waals surface area contributed by atoms with E-state index in [1.54, 1.807) is 73.7 Å². The van der Waals surface area contributed by atoms with E-state index in [1.165, 1.54) is 24.3 Å². The second-order valence-electron chi connectivity index (χ2n) is 8.02. The zero-order chi connectivity index (χ0) is 26.3. The molecule has 0 saturated carbocycles. The first kappa shape index (κ1) is 25.3. The lowest BCUT2D eigenvalue weighted by molar-refractivity contribution is 0.261. The molecule has 0 aliphatic carbocycles. The van der Waals surface area contributed by atoms with Crippen molar-refractivity contribution in [3.63, 3.8) is 0 Å². The van der Waals surface area contributed by atoms with Crippen molar-refractivity contribution in [3.8, 4) is 0 Å². The number of rotatable bonds is 7. The van der Waals surface area contributed by atoms with Crippen molar-refractivity contribution in [2.75, 3.05) is 26.0 Å². The lowest BCUT2D eigenvalue weighted by Crippen LogP contribution is -2.23. The number of hydrogen-bond acceptors (Lipinski definition) is 4. The summed E-state index contributed by atoms with van der Waals surface area (Å²) in [5.74, 6) is 0. The molecule has 37 heavy (non-hydrogen) atoms. The number of hydrogen-bond donors (Lipinski definition) is 5. The Morgan fingerprint density at radius 1 is 0.568 bits per heavy atom. The third kappa shape index (κ3) is 6.86. The van der Waals surface area contributed by atoms with E-state index in [1.807, 2.05) is 12.1 Å². The molecule has 0 atom stereocenters. The fourth-order valence-electron chi connectivity index (χ4n) is 3.50. The standard InChI is InChI=1S/C27H25N5O4S/c1-19-10-8-9-15-25(19)37(35,36)32-22-16-17-23(30-26(33)28-20-11-4-2-5-12-20)24(18-22)31-27(34)29-21-13-6-3-7-14-21/h2-18,32H,1H3,(H2,28,30,33)(H2,29,31,34). The van der Waals surface area contributed by atoms with Gasteiger partial charge in [0.15, 0.2) is 0 Å². The molecule has 0 bridgehead atoms. The van der Waals surface area contributed by atoms with Gasteiger partial charge in [-0.1, -0.05) is 54.6 Å². The predicted molar refractivity (Wildman–Crippen MR) is 147 cm³/mol. The first-order chi connectivity index (χ1) is 17.8. The SMILES string of the molecule is Cc1ccccc1S(=O)(=O)Nc1ccc(NC(=O)Nc2ccccc2)c(NC(=O)Nc2ccccc2)c1. The van der Waals surface area contributed by atoms with E-state index in [2.05, 4.69) is 26.0 Å². The topological polar surface area (TPSA) is 128 Å². The number of sulfonamides is 1. The van der Waals surface area contributed by atoms with E-state index < -0.39 is 22.1 Å². The largest absolute Gasteiger partial charge is 0.323 e. The van der Waals surface area contributed by atoms with E-state index >= 15 is 0 Å². The van der Waals surface area contributed by atoms with Crippen molar-refractivity contribution < 1.29 is 18.0 Å². The number of carbonyl (C=O) groups is 2. The van der Waals surface area contributed by atoms with E-state index in [4.69, 9.17) is 0 Å². The van der Waals surface area contributed by atoms with Crippen molar-refractivity contribution in [2.45, 2.75) is 11.8 Å². The van der Waals surface area contributed by atoms with Crippen molar-refractivity contribution in [3.05, 3.63) is 109 Å². The van der Waals surface area contributed by atoms with Crippen LogP contribution in [0, 0.1) is 6.92 Å². The summed E-state index contributed by atoms with van der Waals surface area (Å²) in [5.41, 5.74) is 2.38. The molecule has 10 heteroatoms. The maximum Gasteiger partial charge on any atom is 0.323 e. The zero-order valence-electron chi connectivity index (χ0n) is 19.9. The molecule has 0 aliphatic rings. The molecule has 0 heterocycles. The smallest absolute Gasteiger partial charge is 0.308 e. The number of para-hydroxylation sites is 2. The van der Waals surface area contributed by atoms with Gasteiger partial charge in [-0.05, 0) is 61.0 Å². The fourth-order valence-corrected chi connectivity index (χ4v) is 4.80. The van der Waals surface area contributed by atoms with Crippen LogP contribution in [0.5, 0.6) is 0 Å². The Hall–Kier alpha value is -4.83. The summed E-state index contributed by atoms with van der Waals surface area (Å²) in [7, 11) is -3.89. The van der Waals surface area contributed by atoms with Gasteiger partial charge in [0.1, 0.15) is 0 Å². The molecule has 0 spiro atoms. The lowest BCUT2D eigenvalue weighted by Gasteiger charge is -2.16. The van der Waals surface area contributed by atoms with Gasteiger partial charge < -0.3 is 21.3 Å². The van der Waals surface area contributed by atoms with Gasteiger partial charge >= 0.3 is 12.1 Å². The third-order valence-corrected chi connectivity index (χ3v) is 6.76. The summed E-state index contributed by atoms with van der Waals surface area (Å²) in [4.78, 5) is 25.4. The van der Waals surface area contributed by atoms with Crippen molar-refractivity contribution in [1.29, 1.82) is 0 Å². The molecule has 0 aromatic heterocycles. The molecule has 5 N–H and O–H groups in total. The second-order valence-corrected chi connectivity index (χ2v) is 9.67. The maximum atomic E-state index is 13.0. The first-order valence-electron chi connectivity index (χ1n) is 11.3. The number of amides is 4. The Bertz CT molecular complexity index is 1510. The van der Waals surface area contributed by atoms with Crippen molar-refractivity contribution in [1.82, 2.24) is 0 Å². The van der Waals surface area contributed by atoms with Gasteiger partial charge in [-0.3, -0.25) is 4.72 Å². The van der Waals surface area contributed by atoms with E-state index in [0.717, 1.165) is 0 Å². The van der Waals surface area contributed by atoms with Crippen LogP contribution in [-0.4, -0.2) is 20.5 Å². The van der Waals surface area contributed by atoms with Crippen LogP contribution in [0.4, 0.5) is 38.0 Å². The monoisotopic (exact) mass is 515 g/mol. The summed E-state index contributed by atoms with van der Waals surface area (Å²) < 4.78 is 28.5. The summed E-state index contributed by atoms with van der Waals surface area (Å²) in [6, 6.07) is 27.6. The highest BCUT2D eigenvalue weighted by molar-refractivity contribution is 7.92. The maximum absolute atomic E-state index is 13.0. The van der Waals surface area contributed by atoms with Crippen LogP contribution in [0.1, 0.15) is 5.56 Å². The number of anilines is 5. The van der Waals surface area contributed by atoms with E-state index in [-0.39, 0.29) is 22.0 Å². The average Bonchev–Trinajstić information content (AvgIpc) is 2.87. The van der Waals surface area contributed by atoms with Crippen LogP contribution in [-0.2, 0) is 10.0 Å².